The Morgan fingerprint density at radius 2 is 2.06 bits per heavy atom. The number of hydrogen-bond donors (Lipinski definition) is 3. The van der Waals surface area contributed by atoms with Gasteiger partial charge in [0.05, 0.1) is 5.56 Å². The summed E-state index contributed by atoms with van der Waals surface area (Å²) in [6.07, 6.45) is 0. The van der Waals surface area contributed by atoms with Gasteiger partial charge in [0.25, 0.3) is 5.91 Å². The molecule has 0 aliphatic carbocycles. The van der Waals surface area contributed by atoms with Crippen LogP contribution in [0.3, 0.4) is 0 Å². The molecule has 1 aromatic rings. The Kier molecular flexibility index (Phi) is 4.03. The lowest BCUT2D eigenvalue weighted by atomic mass is 9.79. The van der Waals surface area contributed by atoms with Crippen molar-refractivity contribution in [2.45, 2.75) is 19.9 Å². The third-order valence-corrected chi connectivity index (χ3v) is 1.95. The zero-order valence-corrected chi connectivity index (χ0v) is 9.07. The topological polar surface area (TPSA) is 69.6 Å². The summed E-state index contributed by atoms with van der Waals surface area (Å²) in [4.78, 5) is 11.5. The number of rotatable bonds is 3. The minimum atomic E-state index is -1.72. The summed E-state index contributed by atoms with van der Waals surface area (Å²) in [5.41, 5.74) is -0.116. The second kappa shape index (κ2) is 5.09. The van der Waals surface area contributed by atoms with Crippen LogP contribution in [0.1, 0.15) is 24.2 Å². The molecule has 3 N–H and O–H groups in total. The molecule has 1 rings (SSSR count). The van der Waals surface area contributed by atoms with E-state index < -0.39 is 18.8 Å². The highest BCUT2D eigenvalue weighted by atomic mass is 19.1. The van der Waals surface area contributed by atoms with Gasteiger partial charge >= 0.3 is 7.12 Å². The highest BCUT2D eigenvalue weighted by Crippen LogP contribution is 2.05. The molecule has 0 unspecified atom stereocenters. The second-order valence-electron chi connectivity index (χ2n) is 3.74. The molecule has 1 aromatic carbocycles. The van der Waals surface area contributed by atoms with Crippen LogP contribution in [0.25, 0.3) is 0 Å². The average molecular weight is 225 g/mol. The summed E-state index contributed by atoms with van der Waals surface area (Å²) in [5, 5.41) is 20.3. The van der Waals surface area contributed by atoms with E-state index in [-0.39, 0.29) is 17.1 Å². The van der Waals surface area contributed by atoms with Gasteiger partial charge in [0, 0.05) is 6.04 Å². The summed E-state index contributed by atoms with van der Waals surface area (Å²) in [6.45, 7) is 3.50. The van der Waals surface area contributed by atoms with E-state index in [1.807, 2.05) is 0 Å². The Hall–Kier alpha value is -1.40. The van der Waals surface area contributed by atoms with Crippen LogP contribution in [0.2, 0.25) is 0 Å². The first kappa shape index (κ1) is 12.7. The molecule has 0 heterocycles. The molecule has 16 heavy (non-hydrogen) atoms. The van der Waals surface area contributed by atoms with Crippen molar-refractivity contribution in [2.75, 3.05) is 0 Å². The first-order valence-electron chi connectivity index (χ1n) is 4.88. The van der Waals surface area contributed by atoms with Crippen molar-refractivity contribution in [2.24, 2.45) is 0 Å². The molecular formula is C10H13BFNO3. The van der Waals surface area contributed by atoms with Gasteiger partial charge in [0.2, 0.25) is 0 Å². The van der Waals surface area contributed by atoms with E-state index in [4.69, 9.17) is 10.0 Å². The molecule has 0 bridgehead atoms. The maximum atomic E-state index is 13.3. The fourth-order valence-electron chi connectivity index (χ4n) is 1.22. The molecule has 0 aromatic heterocycles. The van der Waals surface area contributed by atoms with Gasteiger partial charge in [-0.3, -0.25) is 4.79 Å². The van der Waals surface area contributed by atoms with Crippen LogP contribution >= 0.6 is 0 Å². The van der Waals surface area contributed by atoms with Crippen molar-refractivity contribution in [3.05, 3.63) is 29.6 Å². The maximum absolute atomic E-state index is 13.3. The van der Waals surface area contributed by atoms with Gasteiger partial charge in [-0.05, 0) is 31.4 Å². The molecule has 6 heteroatoms. The minimum absolute atomic E-state index is 0.0790. The molecule has 0 aliphatic heterocycles. The van der Waals surface area contributed by atoms with Crippen LogP contribution in [0.4, 0.5) is 4.39 Å². The molecule has 0 fully saturated rings. The van der Waals surface area contributed by atoms with Crippen LogP contribution in [0, 0.1) is 5.82 Å². The molecule has 1 amide bonds. The molecule has 0 spiro atoms. The number of halogens is 1. The number of carbonyl (C=O) groups excluding carboxylic acids is 1. The van der Waals surface area contributed by atoms with E-state index in [0.717, 1.165) is 12.1 Å². The van der Waals surface area contributed by atoms with Gasteiger partial charge in [0.15, 0.2) is 0 Å². The molecule has 0 radical (unpaired) electrons. The van der Waals surface area contributed by atoms with Gasteiger partial charge in [-0.2, -0.15) is 0 Å². The molecule has 0 saturated carbocycles. The van der Waals surface area contributed by atoms with E-state index in [2.05, 4.69) is 5.32 Å². The van der Waals surface area contributed by atoms with Crippen molar-refractivity contribution in [3.8, 4) is 0 Å². The Morgan fingerprint density at radius 1 is 1.44 bits per heavy atom. The SMILES string of the molecule is CC(C)NC(=O)c1cc(B(O)O)ccc1F. The number of hydrogen-bond acceptors (Lipinski definition) is 3. The Bertz CT molecular complexity index is 396. The standard InChI is InChI=1S/C10H13BFNO3/c1-6(2)13-10(14)8-5-7(11(15)16)3-4-9(8)12/h3-6,15-16H,1-2H3,(H,13,14). The smallest absolute Gasteiger partial charge is 0.423 e. The third-order valence-electron chi connectivity index (χ3n) is 1.95. The second-order valence-corrected chi connectivity index (χ2v) is 3.74. The zero-order chi connectivity index (χ0) is 12.3. The van der Waals surface area contributed by atoms with Gasteiger partial charge in [-0.1, -0.05) is 6.07 Å². The van der Waals surface area contributed by atoms with Crippen LogP contribution < -0.4 is 10.8 Å². The van der Waals surface area contributed by atoms with Crippen molar-refractivity contribution in [3.63, 3.8) is 0 Å². The normalized spacial score (nSPS) is 10.4. The van der Waals surface area contributed by atoms with Crippen molar-refractivity contribution < 1.29 is 19.2 Å². The molecule has 0 saturated heterocycles. The van der Waals surface area contributed by atoms with Crippen LogP contribution in [0.5, 0.6) is 0 Å². The van der Waals surface area contributed by atoms with Gasteiger partial charge in [-0.25, -0.2) is 4.39 Å². The Morgan fingerprint density at radius 3 is 2.56 bits per heavy atom. The molecule has 86 valence electrons. The zero-order valence-electron chi connectivity index (χ0n) is 9.07. The number of nitrogens with one attached hydrogen (secondary N) is 1. The monoisotopic (exact) mass is 225 g/mol. The number of benzene rings is 1. The summed E-state index contributed by atoms with van der Waals surface area (Å²) < 4.78 is 13.3. The van der Waals surface area contributed by atoms with Gasteiger partial charge in [-0.15, -0.1) is 0 Å². The fourth-order valence-corrected chi connectivity index (χ4v) is 1.22. The van der Waals surface area contributed by atoms with Crippen LogP contribution in [-0.2, 0) is 0 Å². The number of carbonyl (C=O) groups is 1. The summed E-state index contributed by atoms with van der Waals surface area (Å²) >= 11 is 0. The van der Waals surface area contributed by atoms with E-state index in [0.29, 0.717) is 0 Å². The van der Waals surface area contributed by atoms with Crippen molar-refractivity contribution in [1.29, 1.82) is 0 Å². The summed E-state index contributed by atoms with van der Waals surface area (Å²) in [6, 6.07) is 3.25. The quantitative estimate of drug-likeness (QED) is 0.615. The summed E-state index contributed by atoms with van der Waals surface area (Å²) in [7, 11) is -1.72. The highest BCUT2D eigenvalue weighted by molar-refractivity contribution is 6.58. The lowest BCUT2D eigenvalue weighted by Crippen LogP contribution is -2.34. The molecule has 0 aliphatic rings. The maximum Gasteiger partial charge on any atom is 0.488 e. The molecule has 0 atom stereocenters. The van der Waals surface area contributed by atoms with Crippen LogP contribution in [-0.4, -0.2) is 29.1 Å². The fraction of sp³-hybridized carbons (Fsp3) is 0.300. The largest absolute Gasteiger partial charge is 0.488 e. The Labute approximate surface area is 93.2 Å². The summed E-state index contributed by atoms with van der Waals surface area (Å²) in [5.74, 6) is -1.27. The lowest BCUT2D eigenvalue weighted by molar-refractivity contribution is 0.0939. The molecule has 4 nitrogen and oxygen atoms in total. The van der Waals surface area contributed by atoms with E-state index in [1.165, 1.54) is 6.07 Å². The first-order chi connectivity index (χ1) is 7.41. The van der Waals surface area contributed by atoms with Crippen molar-refractivity contribution in [1.82, 2.24) is 5.32 Å². The average Bonchev–Trinajstić information content (AvgIpc) is 2.16. The van der Waals surface area contributed by atoms with Gasteiger partial charge in [0.1, 0.15) is 5.82 Å². The lowest BCUT2D eigenvalue weighted by Gasteiger charge is -2.10. The predicted octanol–water partition coefficient (Wildman–Crippen LogP) is -0.356. The predicted molar refractivity (Wildman–Crippen MR) is 58.8 cm³/mol. The van der Waals surface area contributed by atoms with Crippen molar-refractivity contribution >= 4 is 18.5 Å². The van der Waals surface area contributed by atoms with Gasteiger partial charge < -0.3 is 15.4 Å². The van der Waals surface area contributed by atoms with E-state index >= 15 is 0 Å². The third kappa shape index (κ3) is 3.05. The number of amides is 1. The van der Waals surface area contributed by atoms with Crippen LogP contribution in [0.15, 0.2) is 18.2 Å². The first-order valence-corrected chi connectivity index (χ1v) is 4.88. The minimum Gasteiger partial charge on any atom is -0.423 e. The Balaban J connectivity index is 3.02. The van der Waals surface area contributed by atoms with E-state index in [1.54, 1.807) is 13.8 Å². The highest BCUT2D eigenvalue weighted by Gasteiger charge is 2.17. The van der Waals surface area contributed by atoms with E-state index in [9.17, 15) is 9.18 Å². The molecular weight excluding hydrogens is 212 g/mol.